The van der Waals surface area contributed by atoms with Gasteiger partial charge in [-0.15, -0.1) is 11.6 Å². The maximum atomic E-state index is 6.24. The molecular formula is C10H12ClNO. The average molecular weight is 198 g/mol. The molecule has 0 N–H and O–H groups in total. The zero-order valence-corrected chi connectivity index (χ0v) is 8.45. The van der Waals surface area contributed by atoms with Crippen LogP contribution in [0.3, 0.4) is 0 Å². The van der Waals surface area contributed by atoms with Gasteiger partial charge in [0.15, 0.2) is 6.23 Å². The van der Waals surface area contributed by atoms with Crippen LogP contribution in [0.5, 0.6) is 5.75 Å². The van der Waals surface area contributed by atoms with Crippen LogP contribution < -0.4 is 4.74 Å². The van der Waals surface area contributed by atoms with Crippen LogP contribution >= 0.6 is 11.6 Å². The molecule has 70 valence electrons. The highest BCUT2D eigenvalue weighted by molar-refractivity contribution is 6.20. The molecule has 3 heteroatoms. The summed E-state index contributed by atoms with van der Waals surface area (Å²) in [6.45, 7) is 1.99. The van der Waals surface area contributed by atoms with Crippen molar-refractivity contribution < 1.29 is 4.74 Å². The van der Waals surface area contributed by atoms with E-state index in [1.165, 1.54) is 0 Å². The van der Waals surface area contributed by atoms with Gasteiger partial charge in [0.1, 0.15) is 11.3 Å². The van der Waals surface area contributed by atoms with Gasteiger partial charge in [0, 0.05) is 5.56 Å². The van der Waals surface area contributed by atoms with Gasteiger partial charge in [-0.2, -0.15) is 0 Å². The smallest absolute Gasteiger partial charge is 0.151 e. The van der Waals surface area contributed by atoms with E-state index in [-0.39, 0.29) is 11.7 Å². The second kappa shape index (κ2) is 3.20. The Kier molecular flexibility index (Phi) is 2.18. The monoisotopic (exact) mass is 197 g/mol. The Morgan fingerprint density at radius 2 is 2.08 bits per heavy atom. The molecule has 0 amide bonds. The summed E-state index contributed by atoms with van der Waals surface area (Å²) in [5.74, 6) is 0.896. The lowest BCUT2D eigenvalue weighted by Crippen LogP contribution is -2.38. The summed E-state index contributed by atoms with van der Waals surface area (Å²) >= 11 is 6.24. The fourth-order valence-electron chi connectivity index (χ4n) is 1.46. The maximum absolute atomic E-state index is 6.24. The number of para-hydroxylation sites is 1. The van der Waals surface area contributed by atoms with Gasteiger partial charge in [-0.3, -0.25) is 4.90 Å². The molecule has 0 spiro atoms. The second-order valence-corrected chi connectivity index (χ2v) is 3.67. The molecule has 0 radical (unpaired) electrons. The summed E-state index contributed by atoms with van der Waals surface area (Å²) in [6.07, 6.45) is 0.0393. The highest BCUT2D eigenvalue weighted by Gasteiger charge is 2.28. The summed E-state index contributed by atoms with van der Waals surface area (Å²) in [7, 11) is 1.96. The molecule has 2 atom stereocenters. The molecule has 0 aliphatic carbocycles. The molecule has 2 rings (SSSR count). The predicted octanol–water partition coefficient (Wildman–Crippen LogP) is 2.59. The van der Waals surface area contributed by atoms with E-state index in [2.05, 4.69) is 0 Å². The van der Waals surface area contributed by atoms with Gasteiger partial charge in [-0.1, -0.05) is 18.2 Å². The Morgan fingerprint density at radius 1 is 1.38 bits per heavy atom. The van der Waals surface area contributed by atoms with Gasteiger partial charge < -0.3 is 4.74 Å². The molecule has 1 aromatic carbocycles. The van der Waals surface area contributed by atoms with Crippen molar-refractivity contribution >= 4 is 11.6 Å². The third-order valence-electron chi connectivity index (χ3n) is 2.40. The fourth-order valence-corrected chi connectivity index (χ4v) is 1.79. The van der Waals surface area contributed by atoms with E-state index >= 15 is 0 Å². The van der Waals surface area contributed by atoms with Gasteiger partial charge in [0.05, 0.1) is 0 Å². The molecule has 0 fully saturated rings. The van der Waals surface area contributed by atoms with Gasteiger partial charge >= 0.3 is 0 Å². The summed E-state index contributed by atoms with van der Waals surface area (Å²) in [5.41, 5.74) is 0.963. The Labute approximate surface area is 83.1 Å². The first kappa shape index (κ1) is 8.85. The lowest BCUT2D eigenvalue weighted by atomic mass is 10.1. The normalized spacial score (nSPS) is 27.9. The van der Waals surface area contributed by atoms with Gasteiger partial charge in [0.2, 0.25) is 0 Å². The first-order valence-corrected chi connectivity index (χ1v) is 4.75. The average Bonchev–Trinajstić information content (AvgIpc) is 2.15. The minimum atomic E-state index is -0.0834. The highest BCUT2D eigenvalue weighted by atomic mass is 35.5. The number of alkyl halides is 1. The Hall–Kier alpha value is -0.730. The number of rotatable bonds is 0. The maximum Gasteiger partial charge on any atom is 0.151 e. The van der Waals surface area contributed by atoms with E-state index < -0.39 is 0 Å². The minimum absolute atomic E-state index is 0.0393. The first-order valence-electron chi connectivity index (χ1n) is 4.32. The molecule has 0 saturated heterocycles. The van der Waals surface area contributed by atoms with Crippen molar-refractivity contribution in [3.63, 3.8) is 0 Å². The summed E-state index contributed by atoms with van der Waals surface area (Å²) < 4.78 is 5.66. The Bertz CT molecular complexity index is 316. The van der Waals surface area contributed by atoms with Crippen LogP contribution in [0.4, 0.5) is 0 Å². The van der Waals surface area contributed by atoms with E-state index in [0.717, 1.165) is 11.3 Å². The molecule has 1 heterocycles. The minimum Gasteiger partial charge on any atom is -0.475 e. The number of hydrogen-bond donors (Lipinski definition) is 0. The first-order chi connectivity index (χ1) is 6.20. The lowest BCUT2D eigenvalue weighted by molar-refractivity contribution is 0.0288. The molecular weight excluding hydrogens is 186 g/mol. The van der Waals surface area contributed by atoms with Crippen LogP contribution in [0.15, 0.2) is 24.3 Å². The molecule has 2 nitrogen and oxygen atoms in total. The molecule has 0 bridgehead atoms. The van der Waals surface area contributed by atoms with E-state index in [0.29, 0.717) is 0 Å². The number of benzene rings is 1. The number of ether oxygens (including phenoxy) is 1. The molecule has 2 unspecified atom stereocenters. The van der Waals surface area contributed by atoms with Crippen LogP contribution in [0.25, 0.3) is 0 Å². The SMILES string of the molecule is CC1Oc2ccccc2C(Cl)N1C. The third-order valence-corrected chi connectivity index (χ3v) is 2.95. The van der Waals surface area contributed by atoms with Crippen molar-refractivity contribution in [1.82, 2.24) is 4.90 Å². The van der Waals surface area contributed by atoms with Gasteiger partial charge in [-0.05, 0) is 20.0 Å². The Balaban J connectivity index is 2.43. The van der Waals surface area contributed by atoms with Crippen molar-refractivity contribution in [2.45, 2.75) is 18.7 Å². The van der Waals surface area contributed by atoms with E-state index in [4.69, 9.17) is 16.3 Å². The van der Waals surface area contributed by atoms with E-state index in [1.54, 1.807) is 0 Å². The quantitative estimate of drug-likeness (QED) is 0.468. The topological polar surface area (TPSA) is 12.5 Å². The van der Waals surface area contributed by atoms with Crippen molar-refractivity contribution in [2.24, 2.45) is 0 Å². The number of hydrogen-bond acceptors (Lipinski definition) is 2. The fraction of sp³-hybridized carbons (Fsp3) is 0.400. The number of halogens is 1. The third kappa shape index (κ3) is 1.40. The van der Waals surface area contributed by atoms with Crippen molar-refractivity contribution in [3.05, 3.63) is 29.8 Å². The van der Waals surface area contributed by atoms with Crippen LogP contribution in [-0.2, 0) is 0 Å². The molecule has 1 aliphatic rings. The summed E-state index contributed by atoms with van der Waals surface area (Å²) in [6, 6.07) is 7.88. The van der Waals surface area contributed by atoms with Gasteiger partial charge in [-0.25, -0.2) is 0 Å². The van der Waals surface area contributed by atoms with E-state index in [9.17, 15) is 0 Å². The predicted molar refractivity (Wildman–Crippen MR) is 52.9 cm³/mol. The van der Waals surface area contributed by atoms with Crippen molar-refractivity contribution in [3.8, 4) is 5.75 Å². The summed E-state index contributed by atoms with van der Waals surface area (Å²) in [5, 5.41) is 0. The van der Waals surface area contributed by atoms with E-state index in [1.807, 2.05) is 43.1 Å². The molecule has 0 saturated carbocycles. The zero-order chi connectivity index (χ0) is 9.42. The zero-order valence-electron chi connectivity index (χ0n) is 7.70. The van der Waals surface area contributed by atoms with Crippen molar-refractivity contribution in [1.29, 1.82) is 0 Å². The highest BCUT2D eigenvalue weighted by Crippen LogP contribution is 2.37. The molecule has 1 aliphatic heterocycles. The summed E-state index contributed by atoms with van der Waals surface area (Å²) in [4.78, 5) is 1.99. The lowest BCUT2D eigenvalue weighted by Gasteiger charge is -2.35. The standard InChI is InChI=1S/C10H12ClNO/c1-7-12(2)10(11)8-5-3-4-6-9(8)13-7/h3-7,10H,1-2H3. The molecule has 0 aromatic heterocycles. The van der Waals surface area contributed by atoms with Crippen LogP contribution in [0.1, 0.15) is 18.0 Å². The second-order valence-electron chi connectivity index (χ2n) is 3.26. The van der Waals surface area contributed by atoms with Crippen LogP contribution in [-0.4, -0.2) is 18.2 Å². The molecule has 1 aromatic rings. The largest absolute Gasteiger partial charge is 0.475 e. The van der Waals surface area contributed by atoms with Crippen molar-refractivity contribution in [2.75, 3.05) is 7.05 Å². The number of fused-ring (bicyclic) bond motifs is 1. The Morgan fingerprint density at radius 3 is 2.85 bits per heavy atom. The van der Waals surface area contributed by atoms with Crippen LogP contribution in [0, 0.1) is 0 Å². The number of nitrogens with zero attached hydrogens (tertiary/aromatic N) is 1. The molecule has 13 heavy (non-hydrogen) atoms. The van der Waals surface area contributed by atoms with Gasteiger partial charge in [0.25, 0.3) is 0 Å². The van der Waals surface area contributed by atoms with Crippen LogP contribution in [0.2, 0.25) is 0 Å².